The van der Waals surface area contributed by atoms with E-state index >= 15 is 0 Å². The molecule has 0 heterocycles. The van der Waals surface area contributed by atoms with E-state index in [9.17, 15) is 9.00 Å². The first-order chi connectivity index (χ1) is 7.49. The van der Waals surface area contributed by atoms with Crippen LogP contribution in [0, 0.1) is 5.41 Å². The van der Waals surface area contributed by atoms with Crippen molar-refractivity contribution >= 4 is 29.3 Å². The highest BCUT2D eigenvalue weighted by molar-refractivity contribution is 7.84. The van der Waals surface area contributed by atoms with Crippen molar-refractivity contribution < 1.29 is 9.00 Å². The van der Waals surface area contributed by atoms with Gasteiger partial charge in [0.1, 0.15) is 0 Å². The SMILES string of the molecule is CC(CCNC(=O)CC1(CS)CC1)S(C)=O. The molecule has 1 aliphatic carbocycles. The van der Waals surface area contributed by atoms with Gasteiger partial charge in [-0.1, -0.05) is 6.92 Å². The van der Waals surface area contributed by atoms with Gasteiger partial charge in [-0.2, -0.15) is 12.6 Å². The molecule has 1 amide bonds. The fraction of sp³-hybridized carbons (Fsp3) is 0.909. The van der Waals surface area contributed by atoms with E-state index in [1.165, 1.54) is 0 Å². The maximum absolute atomic E-state index is 11.6. The molecule has 16 heavy (non-hydrogen) atoms. The molecule has 0 radical (unpaired) electrons. The lowest BCUT2D eigenvalue weighted by molar-refractivity contribution is -0.122. The Hall–Kier alpha value is -0.0300. The van der Waals surface area contributed by atoms with Crippen molar-refractivity contribution in [1.29, 1.82) is 0 Å². The standard InChI is InChI=1S/C11H21NO2S2/c1-9(16(2)14)3-6-12-10(13)7-11(8-15)4-5-11/h9,15H,3-8H2,1-2H3,(H,12,13). The summed E-state index contributed by atoms with van der Waals surface area (Å²) in [5.41, 5.74) is 0.187. The van der Waals surface area contributed by atoms with Crippen molar-refractivity contribution in [2.75, 3.05) is 18.6 Å². The van der Waals surface area contributed by atoms with E-state index in [0.29, 0.717) is 13.0 Å². The van der Waals surface area contributed by atoms with Crippen molar-refractivity contribution in [1.82, 2.24) is 5.32 Å². The van der Waals surface area contributed by atoms with E-state index < -0.39 is 10.8 Å². The smallest absolute Gasteiger partial charge is 0.220 e. The Kier molecular flexibility index (Phi) is 5.31. The Morgan fingerprint density at radius 3 is 2.62 bits per heavy atom. The molecule has 1 saturated carbocycles. The summed E-state index contributed by atoms with van der Waals surface area (Å²) in [5.74, 6) is 0.913. The zero-order chi connectivity index (χ0) is 12.2. The highest BCUT2D eigenvalue weighted by Gasteiger charge is 2.42. The lowest BCUT2D eigenvalue weighted by atomic mass is 10.1. The predicted molar refractivity (Wildman–Crippen MR) is 71.3 cm³/mol. The summed E-state index contributed by atoms with van der Waals surface area (Å²) in [4.78, 5) is 11.6. The number of thiol groups is 1. The monoisotopic (exact) mass is 263 g/mol. The van der Waals surface area contributed by atoms with E-state index in [1.54, 1.807) is 6.26 Å². The molecule has 0 bridgehead atoms. The van der Waals surface area contributed by atoms with Crippen LogP contribution in [-0.2, 0) is 15.6 Å². The Morgan fingerprint density at radius 2 is 2.19 bits per heavy atom. The molecule has 0 aromatic heterocycles. The summed E-state index contributed by atoms with van der Waals surface area (Å²) in [7, 11) is -0.797. The molecular weight excluding hydrogens is 242 g/mol. The second kappa shape index (κ2) is 6.05. The summed E-state index contributed by atoms with van der Waals surface area (Å²) in [6.07, 6.45) is 5.33. The molecule has 0 aromatic rings. The van der Waals surface area contributed by atoms with Crippen molar-refractivity contribution in [3.8, 4) is 0 Å². The van der Waals surface area contributed by atoms with E-state index in [2.05, 4.69) is 17.9 Å². The van der Waals surface area contributed by atoms with Crippen LogP contribution in [0.4, 0.5) is 0 Å². The number of amides is 1. The molecule has 0 saturated heterocycles. The first-order valence-corrected chi connectivity index (χ1v) is 7.94. The average molecular weight is 263 g/mol. The Bertz CT molecular complexity index is 277. The Labute approximate surface area is 106 Å². The van der Waals surface area contributed by atoms with Gasteiger partial charge in [-0.25, -0.2) is 0 Å². The Balaban J connectivity index is 2.13. The normalized spacial score (nSPS) is 21.2. The molecule has 1 aliphatic rings. The highest BCUT2D eigenvalue weighted by Crippen LogP contribution is 2.49. The molecule has 5 heteroatoms. The average Bonchev–Trinajstić information content (AvgIpc) is 2.98. The number of carbonyl (C=O) groups excluding carboxylic acids is 1. The van der Waals surface area contributed by atoms with Crippen molar-refractivity contribution in [2.45, 2.75) is 37.9 Å². The molecule has 1 N–H and O–H groups in total. The van der Waals surface area contributed by atoms with Crippen LogP contribution in [0.25, 0.3) is 0 Å². The number of hydrogen-bond acceptors (Lipinski definition) is 3. The van der Waals surface area contributed by atoms with Gasteiger partial charge in [0.15, 0.2) is 0 Å². The van der Waals surface area contributed by atoms with Crippen molar-refractivity contribution in [3.63, 3.8) is 0 Å². The van der Waals surface area contributed by atoms with Gasteiger partial charge in [-0.3, -0.25) is 9.00 Å². The summed E-state index contributed by atoms with van der Waals surface area (Å²) in [5, 5.41) is 3.04. The second-order valence-corrected chi connectivity index (χ2v) is 6.90. The summed E-state index contributed by atoms with van der Waals surface area (Å²) in [6.45, 7) is 2.57. The third kappa shape index (κ3) is 4.45. The molecule has 0 aliphatic heterocycles. The first-order valence-electron chi connectivity index (χ1n) is 5.69. The van der Waals surface area contributed by atoms with Gasteiger partial charge in [0, 0.05) is 35.3 Å². The van der Waals surface area contributed by atoms with Crippen molar-refractivity contribution in [2.24, 2.45) is 5.41 Å². The van der Waals surface area contributed by atoms with E-state index in [-0.39, 0.29) is 16.6 Å². The van der Waals surface area contributed by atoms with Gasteiger partial charge >= 0.3 is 0 Å². The van der Waals surface area contributed by atoms with E-state index in [1.807, 2.05) is 6.92 Å². The number of nitrogens with one attached hydrogen (secondary N) is 1. The fourth-order valence-corrected chi connectivity index (χ4v) is 2.43. The second-order valence-electron chi connectivity index (χ2n) is 4.78. The highest BCUT2D eigenvalue weighted by atomic mass is 32.2. The first kappa shape index (κ1) is 14.0. The van der Waals surface area contributed by atoms with Crippen LogP contribution in [0.1, 0.15) is 32.6 Å². The maximum Gasteiger partial charge on any atom is 0.220 e. The fourth-order valence-electron chi connectivity index (χ4n) is 1.55. The van der Waals surface area contributed by atoms with Crippen LogP contribution < -0.4 is 5.32 Å². The number of hydrogen-bond donors (Lipinski definition) is 2. The lowest BCUT2D eigenvalue weighted by Crippen LogP contribution is -2.29. The molecule has 2 unspecified atom stereocenters. The number of carbonyl (C=O) groups is 1. The van der Waals surface area contributed by atoms with Gasteiger partial charge in [0.05, 0.1) is 0 Å². The molecule has 3 nitrogen and oxygen atoms in total. The lowest BCUT2D eigenvalue weighted by Gasteiger charge is -2.13. The van der Waals surface area contributed by atoms with Crippen LogP contribution in [0.15, 0.2) is 0 Å². The van der Waals surface area contributed by atoms with Gasteiger partial charge in [0.25, 0.3) is 0 Å². The maximum atomic E-state index is 11.6. The molecular formula is C11H21NO2S2. The molecule has 0 aromatic carbocycles. The zero-order valence-corrected chi connectivity index (χ0v) is 11.7. The van der Waals surface area contributed by atoms with Gasteiger partial charge in [-0.05, 0) is 30.4 Å². The van der Waals surface area contributed by atoms with Crippen LogP contribution >= 0.6 is 12.6 Å². The molecule has 2 atom stereocenters. The summed E-state index contributed by atoms with van der Waals surface area (Å²) >= 11 is 4.27. The molecule has 1 rings (SSSR count). The largest absolute Gasteiger partial charge is 0.356 e. The van der Waals surface area contributed by atoms with E-state index in [0.717, 1.165) is 25.0 Å². The van der Waals surface area contributed by atoms with E-state index in [4.69, 9.17) is 0 Å². The minimum absolute atomic E-state index is 0.112. The minimum Gasteiger partial charge on any atom is -0.356 e. The van der Waals surface area contributed by atoms with Crippen LogP contribution in [0.5, 0.6) is 0 Å². The third-order valence-electron chi connectivity index (χ3n) is 3.27. The van der Waals surface area contributed by atoms with Crippen LogP contribution in [-0.4, -0.2) is 33.9 Å². The molecule has 94 valence electrons. The Morgan fingerprint density at radius 1 is 1.56 bits per heavy atom. The van der Waals surface area contributed by atoms with Gasteiger partial charge in [-0.15, -0.1) is 0 Å². The van der Waals surface area contributed by atoms with Crippen LogP contribution in [0.2, 0.25) is 0 Å². The molecule has 1 fully saturated rings. The molecule has 0 spiro atoms. The predicted octanol–water partition coefficient (Wildman–Crippen LogP) is 1.36. The van der Waals surface area contributed by atoms with Gasteiger partial charge < -0.3 is 5.32 Å². The van der Waals surface area contributed by atoms with Crippen molar-refractivity contribution in [3.05, 3.63) is 0 Å². The summed E-state index contributed by atoms with van der Waals surface area (Å²) < 4.78 is 11.1. The number of rotatable bonds is 7. The topological polar surface area (TPSA) is 46.2 Å². The quantitative estimate of drug-likeness (QED) is 0.681. The third-order valence-corrected chi connectivity index (χ3v) is 5.31. The summed E-state index contributed by atoms with van der Waals surface area (Å²) in [6, 6.07) is 0. The zero-order valence-electron chi connectivity index (χ0n) is 9.99. The van der Waals surface area contributed by atoms with Gasteiger partial charge in [0.2, 0.25) is 5.91 Å². The van der Waals surface area contributed by atoms with Crippen LogP contribution in [0.3, 0.4) is 0 Å². The minimum atomic E-state index is -0.797.